The lowest BCUT2D eigenvalue weighted by Gasteiger charge is -2.20. The fraction of sp³-hybridized carbons (Fsp3) is 0.333. The van der Waals surface area contributed by atoms with Crippen molar-refractivity contribution in [1.29, 1.82) is 0 Å². The molecule has 0 spiro atoms. The first-order valence-corrected chi connectivity index (χ1v) is 10.7. The van der Waals surface area contributed by atoms with Crippen LogP contribution in [0.15, 0.2) is 41.5 Å². The van der Waals surface area contributed by atoms with E-state index in [1.807, 2.05) is 13.8 Å². The Morgan fingerprint density at radius 2 is 1.83 bits per heavy atom. The Hall–Kier alpha value is -4.28. The first kappa shape index (κ1) is 25.3. The number of esters is 1. The van der Waals surface area contributed by atoms with E-state index < -0.39 is 23.8 Å². The van der Waals surface area contributed by atoms with Crippen LogP contribution in [0.1, 0.15) is 29.8 Å². The fourth-order valence-corrected chi connectivity index (χ4v) is 3.12. The Bertz CT molecular complexity index is 1120. The van der Waals surface area contributed by atoms with Gasteiger partial charge in [-0.25, -0.2) is 10.2 Å². The molecule has 2 aromatic carbocycles. The van der Waals surface area contributed by atoms with Crippen molar-refractivity contribution >= 4 is 24.0 Å². The molecule has 11 heteroatoms. The first-order valence-electron chi connectivity index (χ1n) is 10.7. The molecule has 0 saturated heterocycles. The highest BCUT2D eigenvalue weighted by atomic mass is 16.7. The number of rotatable bonds is 10. The molecule has 2 aromatic rings. The van der Waals surface area contributed by atoms with E-state index >= 15 is 0 Å². The molecule has 1 heterocycles. The first-order chi connectivity index (χ1) is 16.8. The molecule has 1 unspecified atom stereocenters. The van der Waals surface area contributed by atoms with Gasteiger partial charge in [-0.1, -0.05) is 13.8 Å². The number of fused-ring (bicyclic) bond motifs is 1. The molecule has 2 amide bonds. The van der Waals surface area contributed by atoms with E-state index in [0.29, 0.717) is 34.1 Å². The van der Waals surface area contributed by atoms with Crippen LogP contribution in [0.4, 0.5) is 0 Å². The van der Waals surface area contributed by atoms with E-state index in [1.54, 1.807) is 36.4 Å². The number of nitrogens with zero attached hydrogens (tertiary/aromatic N) is 1. The van der Waals surface area contributed by atoms with Crippen LogP contribution >= 0.6 is 0 Å². The van der Waals surface area contributed by atoms with Crippen molar-refractivity contribution in [3.8, 4) is 23.0 Å². The average Bonchev–Trinajstić information content (AvgIpc) is 3.33. The topological polar surface area (TPSA) is 134 Å². The molecule has 1 aliphatic heterocycles. The monoisotopic (exact) mass is 485 g/mol. The van der Waals surface area contributed by atoms with E-state index in [1.165, 1.54) is 20.4 Å². The summed E-state index contributed by atoms with van der Waals surface area (Å²) in [5, 5.41) is 6.71. The Labute approximate surface area is 202 Å². The number of hydrazone groups is 1. The number of nitrogens with one attached hydrogen (secondary N) is 2. The van der Waals surface area contributed by atoms with Crippen LogP contribution in [-0.4, -0.2) is 57.7 Å². The third-order valence-corrected chi connectivity index (χ3v) is 5.02. The zero-order valence-corrected chi connectivity index (χ0v) is 19.8. The average molecular weight is 485 g/mol. The molecular weight excluding hydrogens is 458 g/mol. The molecular formula is C24H27N3O8. The maximum Gasteiger partial charge on any atom is 0.343 e. The summed E-state index contributed by atoms with van der Waals surface area (Å²) in [4.78, 5) is 36.7. The van der Waals surface area contributed by atoms with Gasteiger partial charge in [-0.3, -0.25) is 9.59 Å². The van der Waals surface area contributed by atoms with E-state index in [2.05, 4.69) is 20.6 Å². The normalized spacial score (nSPS) is 12.8. The van der Waals surface area contributed by atoms with E-state index in [0.717, 1.165) is 0 Å². The highest BCUT2D eigenvalue weighted by molar-refractivity contribution is 5.98. The summed E-state index contributed by atoms with van der Waals surface area (Å²) in [5.41, 5.74) is 3.40. The summed E-state index contributed by atoms with van der Waals surface area (Å²) in [7, 11) is 2.72. The lowest BCUT2D eigenvalue weighted by atomic mass is 10.0. The van der Waals surface area contributed by atoms with E-state index in [-0.39, 0.29) is 19.3 Å². The third-order valence-electron chi connectivity index (χ3n) is 5.02. The van der Waals surface area contributed by atoms with Gasteiger partial charge in [-0.05, 0) is 47.9 Å². The number of carbonyl (C=O) groups is 3. The standard InChI is InChI=1S/C24H27N3O8/c1-14(2)22(26-23(29)16-6-8-18-20(10-16)35-13-34-18)24(30)27-25-11-15-5-7-17(19(9-15)31-3)33-12-21(28)32-4/h5-11,14,22H,12-13H2,1-4H3,(H,26,29)(H,27,30)/b25-11+. The molecule has 186 valence electrons. The maximum atomic E-state index is 12.7. The maximum absolute atomic E-state index is 12.7. The highest BCUT2D eigenvalue weighted by Crippen LogP contribution is 2.32. The van der Waals surface area contributed by atoms with E-state index in [9.17, 15) is 14.4 Å². The molecule has 2 N–H and O–H groups in total. The molecule has 0 aliphatic carbocycles. The summed E-state index contributed by atoms with van der Waals surface area (Å²) in [5.74, 6) is 0.146. The highest BCUT2D eigenvalue weighted by Gasteiger charge is 2.25. The third kappa shape index (κ3) is 6.62. The minimum atomic E-state index is -0.825. The SMILES string of the molecule is COC(=O)COc1ccc(/C=N/NC(=O)C(NC(=O)c2ccc3c(c2)OCO3)C(C)C)cc1OC. The Balaban J connectivity index is 1.61. The number of ether oxygens (including phenoxy) is 5. The summed E-state index contributed by atoms with van der Waals surface area (Å²) < 4.78 is 25.7. The van der Waals surface area contributed by atoms with Gasteiger partial charge in [-0.15, -0.1) is 0 Å². The van der Waals surface area contributed by atoms with Gasteiger partial charge >= 0.3 is 5.97 Å². The van der Waals surface area contributed by atoms with Crippen LogP contribution in [-0.2, 0) is 14.3 Å². The zero-order valence-electron chi connectivity index (χ0n) is 19.8. The van der Waals surface area contributed by atoms with Crippen molar-refractivity contribution in [3.63, 3.8) is 0 Å². The quantitative estimate of drug-likeness (QED) is 0.296. The van der Waals surface area contributed by atoms with Crippen molar-refractivity contribution in [1.82, 2.24) is 10.7 Å². The van der Waals surface area contributed by atoms with Gasteiger partial charge in [0.05, 0.1) is 20.4 Å². The van der Waals surface area contributed by atoms with Gasteiger partial charge in [0.25, 0.3) is 11.8 Å². The molecule has 0 radical (unpaired) electrons. The molecule has 0 saturated carbocycles. The van der Waals surface area contributed by atoms with Crippen molar-refractivity contribution < 1.29 is 38.1 Å². The second-order valence-corrected chi connectivity index (χ2v) is 7.77. The second-order valence-electron chi connectivity index (χ2n) is 7.77. The predicted octanol–water partition coefficient (Wildman–Crippen LogP) is 1.88. The van der Waals surface area contributed by atoms with Crippen molar-refractivity contribution in [2.24, 2.45) is 11.0 Å². The lowest BCUT2D eigenvalue weighted by Crippen LogP contribution is -2.48. The molecule has 0 fully saturated rings. The van der Waals surface area contributed by atoms with Gasteiger partial charge in [0.2, 0.25) is 6.79 Å². The number of hydrogen-bond acceptors (Lipinski definition) is 9. The summed E-state index contributed by atoms with van der Waals surface area (Å²) in [6, 6.07) is 8.89. The minimum Gasteiger partial charge on any atom is -0.493 e. The molecule has 35 heavy (non-hydrogen) atoms. The number of amides is 2. The number of carbonyl (C=O) groups excluding carboxylic acids is 3. The Morgan fingerprint density at radius 1 is 1.06 bits per heavy atom. The van der Waals surface area contributed by atoms with Crippen LogP contribution < -0.4 is 29.7 Å². The van der Waals surface area contributed by atoms with Crippen LogP contribution in [0.25, 0.3) is 0 Å². The van der Waals surface area contributed by atoms with E-state index in [4.69, 9.17) is 18.9 Å². The largest absolute Gasteiger partial charge is 0.493 e. The predicted molar refractivity (Wildman–Crippen MR) is 125 cm³/mol. The number of hydrogen-bond donors (Lipinski definition) is 2. The second kappa shape index (κ2) is 11.7. The molecule has 1 atom stereocenters. The molecule has 1 aliphatic rings. The van der Waals surface area contributed by atoms with Gasteiger partial charge in [0.1, 0.15) is 6.04 Å². The zero-order chi connectivity index (χ0) is 25.4. The van der Waals surface area contributed by atoms with Gasteiger partial charge in [-0.2, -0.15) is 5.10 Å². The van der Waals surface area contributed by atoms with Gasteiger partial charge < -0.3 is 29.0 Å². The van der Waals surface area contributed by atoms with Gasteiger partial charge in [0, 0.05) is 5.56 Å². The van der Waals surface area contributed by atoms with Crippen LogP contribution in [0.2, 0.25) is 0 Å². The Morgan fingerprint density at radius 3 is 2.54 bits per heavy atom. The summed E-state index contributed by atoms with van der Waals surface area (Å²) in [6.45, 7) is 3.47. The summed E-state index contributed by atoms with van der Waals surface area (Å²) >= 11 is 0. The molecule has 3 rings (SSSR count). The van der Waals surface area contributed by atoms with Gasteiger partial charge in [0.15, 0.2) is 29.6 Å². The van der Waals surface area contributed by atoms with Crippen molar-refractivity contribution in [2.45, 2.75) is 19.9 Å². The summed E-state index contributed by atoms with van der Waals surface area (Å²) in [6.07, 6.45) is 1.42. The van der Waals surface area contributed by atoms with Crippen molar-refractivity contribution in [2.75, 3.05) is 27.6 Å². The fourth-order valence-electron chi connectivity index (χ4n) is 3.12. The lowest BCUT2D eigenvalue weighted by molar-refractivity contribution is -0.142. The Kier molecular flexibility index (Phi) is 8.49. The molecule has 11 nitrogen and oxygen atoms in total. The minimum absolute atomic E-state index is 0.102. The number of methoxy groups -OCH3 is 2. The smallest absolute Gasteiger partial charge is 0.343 e. The number of benzene rings is 2. The van der Waals surface area contributed by atoms with Crippen LogP contribution in [0, 0.1) is 5.92 Å². The van der Waals surface area contributed by atoms with Crippen LogP contribution in [0.3, 0.4) is 0 Å². The van der Waals surface area contributed by atoms with Crippen LogP contribution in [0.5, 0.6) is 23.0 Å². The molecule has 0 bridgehead atoms. The molecule has 0 aromatic heterocycles. The van der Waals surface area contributed by atoms with Crippen molar-refractivity contribution in [3.05, 3.63) is 47.5 Å².